The van der Waals surface area contributed by atoms with Crippen LogP contribution in [0.5, 0.6) is 0 Å². The number of nitrogens with two attached hydrogens (primary N) is 1. The van der Waals surface area contributed by atoms with Gasteiger partial charge in [0.2, 0.25) is 5.91 Å². The van der Waals surface area contributed by atoms with Crippen LogP contribution in [0.15, 0.2) is 0 Å². The fraction of sp³-hybridized carbons (Fsp3) is 0.800. The lowest BCUT2D eigenvalue weighted by Gasteiger charge is -2.13. The van der Waals surface area contributed by atoms with Gasteiger partial charge < -0.3 is 20.9 Å². The molecule has 6 heteroatoms. The highest BCUT2D eigenvalue weighted by Crippen LogP contribution is 1.93. The molecule has 0 aliphatic heterocycles. The molecule has 0 aliphatic carbocycles. The first kappa shape index (κ1) is 14.9. The Balaban J connectivity index is 3.69. The van der Waals surface area contributed by atoms with E-state index in [1.165, 1.54) is 0 Å². The zero-order valence-corrected chi connectivity index (χ0v) is 9.73. The number of carbonyl (C=O) groups excluding carboxylic acids is 1. The van der Waals surface area contributed by atoms with Crippen LogP contribution in [-0.4, -0.2) is 42.3 Å². The van der Waals surface area contributed by atoms with Crippen molar-refractivity contribution in [3.63, 3.8) is 0 Å². The Morgan fingerprint density at radius 1 is 1.44 bits per heavy atom. The Hall–Kier alpha value is -1.14. The maximum absolute atomic E-state index is 10.7. The molecule has 0 aromatic heterocycles. The zero-order chi connectivity index (χ0) is 12.6. The molecule has 0 rings (SSSR count). The maximum Gasteiger partial charge on any atom is 0.321 e. The number of carboxylic acid groups (broad SMARTS) is 1. The van der Waals surface area contributed by atoms with Gasteiger partial charge >= 0.3 is 5.97 Å². The van der Waals surface area contributed by atoms with Crippen LogP contribution in [0, 0.1) is 0 Å². The molecular formula is C10H20N2O4. The number of ether oxygens (including phenoxy) is 1. The molecule has 0 unspecified atom stereocenters. The highest BCUT2D eigenvalue weighted by molar-refractivity contribution is 5.83. The Morgan fingerprint density at radius 3 is 2.50 bits per heavy atom. The van der Waals surface area contributed by atoms with E-state index in [1.54, 1.807) is 0 Å². The Kier molecular flexibility index (Phi) is 7.49. The number of amides is 1. The van der Waals surface area contributed by atoms with Crippen molar-refractivity contribution in [2.24, 2.45) is 5.73 Å². The minimum Gasteiger partial charge on any atom is -0.480 e. The van der Waals surface area contributed by atoms with Gasteiger partial charge in [0.1, 0.15) is 6.04 Å². The van der Waals surface area contributed by atoms with E-state index in [2.05, 4.69) is 5.32 Å². The first-order valence-corrected chi connectivity index (χ1v) is 5.29. The second-order valence-corrected chi connectivity index (χ2v) is 3.79. The summed E-state index contributed by atoms with van der Waals surface area (Å²) < 4.78 is 5.29. The van der Waals surface area contributed by atoms with Gasteiger partial charge in [-0.05, 0) is 26.8 Å². The van der Waals surface area contributed by atoms with Gasteiger partial charge in [-0.25, -0.2) is 0 Å². The molecule has 0 bridgehead atoms. The number of hydrogen-bond donors (Lipinski definition) is 3. The largest absolute Gasteiger partial charge is 0.480 e. The van der Waals surface area contributed by atoms with Gasteiger partial charge in [0.25, 0.3) is 0 Å². The number of carboxylic acids is 1. The van der Waals surface area contributed by atoms with Crippen LogP contribution in [0.4, 0.5) is 0 Å². The highest BCUT2D eigenvalue weighted by atomic mass is 16.5. The van der Waals surface area contributed by atoms with E-state index >= 15 is 0 Å². The van der Waals surface area contributed by atoms with E-state index in [4.69, 9.17) is 15.6 Å². The van der Waals surface area contributed by atoms with Crippen molar-refractivity contribution in [3.8, 4) is 0 Å². The number of carbonyl (C=O) groups is 2. The summed E-state index contributed by atoms with van der Waals surface area (Å²) in [6, 6.07) is -0.906. The molecule has 6 nitrogen and oxygen atoms in total. The smallest absolute Gasteiger partial charge is 0.321 e. The van der Waals surface area contributed by atoms with E-state index in [0.717, 1.165) is 0 Å². The SMILES string of the molecule is CC(C)OCCCN[C@@H](CC(N)=O)C(=O)O. The lowest BCUT2D eigenvalue weighted by molar-refractivity contribution is -0.141. The number of rotatable bonds is 9. The van der Waals surface area contributed by atoms with Crippen molar-refractivity contribution >= 4 is 11.9 Å². The van der Waals surface area contributed by atoms with E-state index in [-0.39, 0.29) is 12.5 Å². The molecule has 1 atom stereocenters. The minimum atomic E-state index is -1.07. The second kappa shape index (κ2) is 8.06. The van der Waals surface area contributed by atoms with Crippen LogP contribution >= 0.6 is 0 Å². The molecule has 0 heterocycles. The number of aliphatic carboxylic acids is 1. The predicted molar refractivity (Wildman–Crippen MR) is 58.9 cm³/mol. The standard InChI is InChI=1S/C10H20N2O4/c1-7(2)16-5-3-4-12-8(10(14)15)6-9(11)13/h7-8,12H,3-6H2,1-2H3,(H2,11,13)(H,14,15)/t8-/m0/s1. The average molecular weight is 232 g/mol. The third-order valence-corrected chi connectivity index (χ3v) is 1.87. The lowest BCUT2D eigenvalue weighted by atomic mass is 10.2. The molecule has 0 saturated carbocycles. The summed E-state index contributed by atoms with van der Waals surface area (Å²) in [5.74, 6) is -1.69. The van der Waals surface area contributed by atoms with Crippen LogP contribution in [-0.2, 0) is 14.3 Å². The fourth-order valence-corrected chi connectivity index (χ4v) is 1.12. The number of nitrogens with one attached hydrogen (secondary N) is 1. The molecule has 0 aliphatic rings. The molecule has 16 heavy (non-hydrogen) atoms. The van der Waals surface area contributed by atoms with E-state index in [0.29, 0.717) is 19.6 Å². The lowest BCUT2D eigenvalue weighted by Crippen LogP contribution is -2.40. The van der Waals surface area contributed by atoms with Crippen molar-refractivity contribution in [1.29, 1.82) is 0 Å². The molecule has 0 aromatic carbocycles. The van der Waals surface area contributed by atoms with Gasteiger partial charge in [-0.3, -0.25) is 9.59 Å². The van der Waals surface area contributed by atoms with Crippen molar-refractivity contribution < 1.29 is 19.4 Å². The molecule has 0 aromatic rings. The zero-order valence-electron chi connectivity index (χ0n) is 9.73. The molecular weight excluding hydrogens is 212 g/mol. The first-order chi connectivity index (χ1) is 7.43. The quantitative estimate of drug-likeness (QED) is 0.474. The van der Waals surface area contributed by atoms with Crippen LogP contribution in [0.1, 0.15) is 26.7 Å². The summed E-state index contributed by atoms with van der Waals surface area (Å²) in [5.41, 5.74) is 4.93. The monoisotopic (exact) mass is 232 g/mol. The Labute approximate surface area is 95.1 Å². The van der Waals surface area contributed by atoms with E-state index in [1.807, 2.05) is 13.8 Å². The van der Waals surface area contributed by atoms with Crippen molar-refractivity contribution in [1.82, 2.24) is 5.32 Å². The van der Waals surface area contributed by atoms with Crippen LogP contribution < -0.4 is 11.1 Å². The van der Waals surface area contributed by atoms with Gasteiger partial charge in [0, 0.05) is 6.61 Å². The normalized spacial score (nSPS) is 12.7. The van der Waals surface area contributed by atoms with Crippen molar-refractivity contribution in [2.75, 3.05) is 13.2 Å². The molecule has 4 N–H and O–H groups in total. The fourth-order valence-electron chi connectivity index (χ4n) is 1.12. The third kappa shape index (κ3) is 8.19. The second-order valence-electron chi connectivity index (χ2n) is 3.79. The van der Waals surface area contributed by atoms with Gasteiger partial charge in [-0.15, -0.1) is 0 Å². The molecule has 0 spiro atoms. The summed E-state index contributed by atoms with van der Waals surface area (Å²) in [5, 5.41) is 11.5. The molecule has 0 radical (unpaired) electrons. The molecule has 0 fully saturated rings. The van der Waals surface area contributed by atoms with Crippen molar-refractivity contribution in [3.05, 3.63) is 0 Å². The van der Waals surface area contributed by atoms with Crippen LogP contribution in [0.25, 0.3) is 0 Å². The summed E-state index contributed by atoms with van der Waals surface area (Å²) >= 11 is 0. The molecule has 94 valence electrons. The number of hydrogen-bond acceptors (Lipinski definition) is 4. The Morgan fingerprint density at radius 2 is 2.06 bits per heavy atom. The predicted octanol–water partition coefficient (Wildman–Crippen LogP) is -0.280. The number of primary amides is 1. The van der Waals surface area contributed by atoms with Gasteiger partial charge in [0.15, 0.2) is 0 Å². The summed E-state index contributed by atoms with van der Waals surface area (Å²) in [6.07, 6.45) is 0.669. The summed E-state index contributed by atoms with van der Waals surface area (Å²) in [7, 11) is 0. The first-order valence-electron chi connectivity index (χ1n) is 5.29. The van der Waals surface area contributed by atoms with Crippen LogP contribution in [0.2, 0.25) is 0 Å². The maximum atomic E-state index is 10.7. The highest BCUT2D eigenvalue weighted by Gasteiger charge is 2.18. The minimum absolute atomic E-state index is 0.167. The van der Waals surface area contributed by atoms with Crippen LogP contribution in [0.3, 0.4) is 0 Å². The topological polar surface area (TPSA) is 102 Å². The molecule has 1 amide bonds. The van der Waals surface area contributed by atoms with Gasteiger partial charge in [0.05, 0.1) is 12.5 Å². The van der Waals surface area contributed by atoms with E-state index < -0.39 is 17.9 Å². The van der Waals surface area contributed by atoms with E-state index in [9.17, 15) is 9.59 Å². The summed E-state index contributed by atoms with van der Waals surface area (Å²) in [6.45, 7) is 4.91. The van der Waals surface area contributed by atoms with Gasteiger partial charge in [-0.1, -0.05) is 0 Å². The molecule has 0 saturated heterocycles. The third-order valence-electron chi connectivity index (χ3n) is 1.87. The average Bonchev–Trinajstić information content (AvgIpc) is 2.14. The Bertz CT molecular complexity index is 231. The summed E-state index contributed by atoms with van der Waals surface area (Å²) in [4.78, 5) is 21.3. The van der Waals surface area contributed by atoms with Crippen molar-refractivity contribution in [2.45, 2.75) is 38.8 Å². The van der Waals surface area contributed by atoms with Gasteiger partial charge in [-0.2, -0.15) is 0 Å².